The van der Waals surface area contributed by atoms with E-state index >= 15 is 0 Å². The maximum atomic E-state index is 12.6. The average Bonchev–Trinajstić information content (AvgIpc) is 3.01. The Labute approximate surface area is 235 Å². The Morgan fingerprint density at radius 2 is 1.32 bits per heavy atom. The van der Waals surface area contributed by atoms with E-state index in [1.807, 2.05) is 27.7 Å². The first-order valence-electron chi connectivity index (χ1n) is 14.1. The van der Waals surface area contributed by atoms with E-state index in [2.05, 4.69) is 26.0 Å². The number of allylic oxidation sites excluding steroid dienone is 1. The minimum Gasteiger partial charge on any atom is -0.504 e. The van der Waals surface area contributed by atoms with Crippen molar-refractivity contribution in [2.24, 2.45) is 17.3 Å². The number of aliphatic hydroxyl groups is 1. The summed E-state index contributed by atoms with van der Waals surface area (Å²) in [6.45, 7) is 12.0. The second-order valence-electron chi connectivity index (χ2n) is 13.2. The van der Waals surface area contributed by atoms with Crippen molar-refractivity contribution in [1.29, 1.82) is 0 Å². The van der Waals surface area contributed by atoms with Gasteiger partial charge in [-0.05, 0) is 93.2 Å². The molecular weight excluding hydrogens is 508 g/mol. The lowest BCUT2D eigenvalue weighted by molar-refractivity contribution is -0.117. The van der Waals surface area contributed by atoms with Gasteiger partial charge in [-0.3, -0.25) is 9.59 Å². The van der Waals surface area contributed by atoms with Crippen molar-refractivity contribution in [1.82, 2.24) is 0 Å². The zero-order valence-corrected chi connectivity index (χ0v) is 24.2. The SMILES string of the molecule is Cc1cc(O)c(=O)cc2c1CC1CC(O)C3(C)Oc4cc(=O)c(O)cc(C)c4CC3CC(C)(C)/C=C/CC1(C)O2. The largest absolute Gasteiger partial charge is 0.504 e. The molecule has 0 fully saturated rings. The molecule has 7 nitrogen and oxygen atoms in total. The Kier molecular flexibility index (Phi) is 6.81. The van der Waals surface area contributed by atoms with Crippen LogP contribution < -0.4 is 20.3 Å². The number of hydrogen-bond acceptors (Lipinski definition) is 7. The highest BCUT2D eigenvalue weighted by atomic mass is 16.5. The van der Waals surface area contributed by atoms with E-state index in [1.165, 1.54) is 24.3 Å². The molecule has 3 N–H and O–H groups in total. The lowest BCUT2D eigenvalue weighted by Crippen LogP contribution is -2.57. The van der Waals surface area contributed by atoms with Crippen LogP contribution in [0.1, 0.15) is 69.2 Å². The Bertz CT molecular complexity index is 1510. The molecule has 5 atom stereocenters. The molecule has 0 saturated carbocycles. The number of fused-ring (bicyclic) bond motifs is 4. The fraction of sp³-hybridized carbons (Fsp3) is 0.515. The van der Waals surface area contributed by atoms with Crippen molar-refractivity contribution >= 4 is 0 Å². The monoisotopic (exact) mass is 548 g/mol. The van der Waals surface area contributed by atoms with Gasteiger partial charge in [-0.25, -0.2) is 0 Å². The first-order chi connectivity index (χ1) is 18.6. The summed E-state index contributed by atoms with van der Waals surface area (Å²) in [6, 6.07) is 5.68. The fourth-order valence-corrected chi connectivity index (χ4v) is 6.92. The number of hydrogen-bond donors (Lipinski definition) is 3. The molecule has 0 radical (unpaired) electrons. The number of aromatic hydroxyl groups is 2. The van der Waals surface area contributed by atoms with Crippen molar-refractivity contribution in [2.45, 2.75) is 91.0 Å². The Morgan fingerprint density at radius 1 is 0.800 bits per heavy atom. The standard InChI is InChI=1S/C33H40O7/c1-18-10-24(34)26(36)15-28-22(18)12-20-14-30(38)33(6)21(17-31(3,4)8-7-9-32(20,5)39-28)13-23-19(2)11-25(35)27(37)16-29(23)40-33/h7-8,10-11,15-16,20-21,30,38H,9,12-14,17H2,1-6H3,(H,34,36)(H,35,37)/b8-7+. The normalized spacial score (nSPS) is 31.5. The summed E-state index contributed by atoms with van der Waals surface area (Å²) in [4.78, 5) is 25.0. The molecule has 0 bridgehead atoms. The van der Waals surface area contributed by atoms with Crippen LogP contribution in [0.15, 0.2) is 46.0 Å². The van der Waals surface area contributed by atoms with Crippen molar-refractivity contribution in [2.75, 3.05) is 0 Å². The van der Waals surface area contributed by atoms with Crippen LogP contribution in [0, 0.1) is 31.1 Å². The van der Waals surface area contributed by atoms with Crippen LogP contribution >= 0.6 is 0 Å². The Balaban J connectivity index is 1.63. The van der Waals surface area contributed by atoms with E-state index in [4.69, 9.17) is 9.47 Å². The second-order valence-corrected chi connectivity index (χ2v) is 13.2. The molecule has 3 aliphatic rings. The molecule has 0 amide bonds. The Morgan fingerprint density at radius 3 is 1.90 bits per heavy atom. The molecule has 2 aliphatic heterocycles. The van der Waals surface area contributed by atoms with Gasteiger partial charge in [0.15, 0.2) is 11.5 Å². The van der Waals surface area contributed by atoms with Crippen molar-refractivity contribution in [3.05, 3.63) is 79.1 Å². The number of aliphatic hydroxyl groups excluding tert-OH is 1. The van der Waals surface area contributed by atoms with E-state index in [1.54, 1.807) is 0 Å². The first-order valence-corrected chi connectivity index (χ1v) is 14.1. The van der Waals surface area contributed by atoms with Crippen molar-refractivity contribution < 1.29 is 24.8 Å². The lowest BCUT2D eigenvalue weighted by Gasteiger charge is -2.49. The maximum Gasteiger partial charge on any atom is 0.223 e. The minimum absolute atomic E-state index is 0.0753. The zero-order chi connectivity index (χ0) is 29.2. The summed E-state index contributed by atoms with van der Waals surface area (Å²) in [5.74, 6) is 0.0238. The third-order valence-corrected chi connectivity index (χ3v) is 9.56. The van der Waals surface area contributed by atoms with Gasteiger partial charge in [0.05, 0.1) is 6.10 Å². The smallest absolute Gasteiger partial charge is 0.223 e. The van der Waals surface area contributed by atoms with Gasteiger partial charge >= 0.3 is 0 Å². The van der Waals surface area contributed by atoms with Crippen LogP contribution in [0.5, 0.6) is 23.0 Å². The van der Waals surface area contributed by atoms with E-state index < -0.39 is 28.2 Å². The van der Waals surface area contributed by atoms with E-state index in [-0.39, 0.29) is 28.7 Å². The molecule has 40 heavy (non-hydrogen) atoms. The quantitative estimate of drug-likeness (QED) is 0.402. The molecule has 2 aromatic carbocycles. The lowest BCUT2D eigenvalue weighted by atomic mass is 9.67. The molecule has 0 saturated heterocycles. The van der Waals surface area contributed by atoms with E-state index in [9.17, 15) is 24.9 Å². The molecule has 2 heterocycles. The highest BCUT2D eigenvalue weighted by molar-refractivity contribution is 5.46. The summed E-state index contributed by atoms with van der Waals surface area (Å²) in [6.07, 6.45) is 6.29. The summed E-state index contributed by atoms with van der Waals surface area (Å²) in [7, 11) is 0. The van der Waals surface area contributed by atoms with Crippen LogP contribution in [0.2, 0.25) is 0 Å². The molecule has 0 spiro atoms. The Hall–Kier alpha value is -3.32. The van der Waals surface area contributed by atoms with E-state index in [0.717, 1.165) is 28.7 Å². The summed E-state index contributed by atoms with van der Waals surface area (Å²) < 4.78 is 13.2. The molecule has 1 aliphatic carbocycles. The van der Waals surface area contributed by atoms with Gasteiger partial charge in [-0.2, -0.15) is 0 Å². The predicted molar refractivity (Wildman–Crippen MR) is 153 cm³/mol. The fourth-order valence-electron chi connectivity index (χ4n) is 6.92. The number of rotatable bonds is 0. The molecule has 5 unspecified atom stereocenters. The van der Waals surface area contributed by atoms with Gasteiger partial charge in [-0.15, -0.1) is 0 Å². The van der Waals surface area contributed by atoms with Crippen LogP contribution in [0.3, 0.4) is 0 Å². The van der Waals surface area contributed by atoms with Gasteiger partial charge in [-0.1, -0.05) is 26.0 Å². The van der Waals surface area contributed by atoms with Crippen LogP contribution in [-0.2, 0) is 12.8 Å². The summed E-state index contributed by atoms with van der Waals surface area (Å²) in [5, 5.41) is 32.4. The highest BCUT2D eigenvalue weighted by Gasteiger charge is 2.51. The molecule has 2 aromatic rings. The number of aryl methyl sites for hydroxylation is 2. The van der Waals surface area contributed by atoms with Gasteiger partial charge in [0.2, 0.25) is 10.9 Å². The highest BCUT2D eigenvalue weighted by Crippen LogP contribution is 2.49. The molecule has 7 heteroatoms. The number of ether oxygens (including phenoxy) is 2. The zero-order valence-electron chi connectivity index (χ0n) is 24.2. The van der Waals surface area contributed by atoms with Gasteiger partial charge < -0.3 is 24.8 Å². The molecule has 5 rings (SSSR count). The van der Waals surface area contributed by atoms with Crippen LogP contribution in [0.4, 0.5) is 0 Å². The summed E-state index contributed by atoms with van der Waals surface area (Å²) >= 11 is 0. The maximum absolute atomic E-state index is 12.6. The first kappa shape index (κ1) is 28.2. The minimum atomic E-state index is -1.01. The third kappa shape index (κ3) is 4.89. The van der Waals surface area contributed by atoms with Crippen LogP contribution in [-0.4, -0.2) is 32.6 Å². The molecular formula is C33H40O7. The third-order valence-electron chi connectivity index (χ3n) is 9.56. The average molecular weight is 549 g/mol. The topological polar surface area (TPSA) is 113 Å². The van der Waals surface area contributed by atoms with Crippen molar-refractivity contribution in [3.63, 3.8) is 0 Å². The van der Waals surface area contributed by atoms with E-state index in [0.29, 0.717) is 37.2 Å². The second kappa shape index (κ2) is 9.65. The van der Waals surface area contributed by atoms with Gasteiger partial charge in [0.25, 0.3) is 0 Å². The summed E-state index contributed by atoms with van der Waals surface area (Å²) in [5.41, 5.74) is 0.287. The van der Waals surface area contributed by atoms with Crippen LogP contribution in [0.25, 0.3) is 0 Å². The predicted octanol–water partition coefficient (Wildman–Crippen LogP) is 4.88. The van der Waals surface area contributed by atoms with Gasteiger partial charge in [0.1, 0.15) is 22.7 Å². The molecule has 214 valence electrons. The van der Waals surface area contributed by atoms with Crippen molar-refractivity contribution in [3.8, 4) is 23.0 Å². The molecule has 0 aromatic heterocycles. The van der Waals surface area contributed by atoms with Gasteiger partial charge in [0, 0.05) is 30.4 Å².